The summed E-state index contributed by atoms with van der Waals surface area (Å²) in [5.74, 6) is 0.194. The normalized spacial score (nSPS) is 17.7. The highest BCUT2D eigenvalue weighted by Gasteiger charge is 2.32. The number of anilines is 1. The van der Waals surface area contributed by atoms with Crippen LogP contribution in [0.2, 0.25) is 10.0 Å². The summed E-state index contributed by atoms with van der Waals surface area (Å²) >= 11 is 12.2. The van der Waals surface area contributed by atoms with Crippen molar-refractivity contribution >= 4 is 40.7 Å². The first-order chi connectivity index (χ1) is 14.9. The van der Waals surface area contributed by atoms with Crippen molar-refractivity contribution in [3.8, 4) is 0 Å². The van der Waals surface area contributed by atoms with Crippen LogP contribution in [0.3, 0.4) is 0 Å². The zero-order chi connectivity index (χ0) is 22.0. The number of nitrogens with zero attached hydrogens (tertiary/aromatic N) is 3. The largest absolute Gasteiger partial charge is 0.368 e. The summed E-state index contributed by atoms with van der Waals surface area (Å²) < 4.78 is 0. The van der Waals surface area contributed by atoms with E-state index < -0.39 is 0 Å². The summed E-state index contributed by atoms with van der Waals surface area (Å²) in [7, 11) is 0. The van der Waals surface area contributed by atoms with E-state index in [0.717, 1.165) is 23.8 Å². The van der Waals surface area contributed by atoms with Gasteiger partial charge in [-0.15, -0.1) is 0 Å². The predicted octanol–water partition coefficient (Wildman–Crippen LogP) is 4.50. The first kappa shape index (κ1) is 22.0. The maximum atomic E-state index is 13.1. The van der Waals surface area contributed by atoms with Crippen molar-refractivity contribution in [2.75, 3.05) is 44.2 Å². The first-order valence-electron chi connectivity index (χ1n) is 10.8. The fourth-order valence-electron chi connectivity index (χ4n) is 4.48. The fraction of sp³-hybridized carbons (Fsp3) is 0.417. The van der Waals surface area contributed by atoms with E-state index in [4.69, 9.17) is 23.2 Å². The van der Waals surface area contributed by atoms with Gasteiger partial charge in [-0.05, 0) is 55.7 Å². The smallest absolute Gasteiger partial charge is 0.253 e. The van der Waals surface area contributed by atoms with Crippen LogP contribution in [0.15, 0.2) is 42.5 Å². The number of hydrogen-bond donors (Lipinski definition) is 0. The molecule has 0 spiro atoms. The van der Waals surface area contributed by atoms with Crippen LogP contribution >= 0.6 is 23.2 Å². The Morgan fingerprint density at radius 1 is 0.839 bits per heavy atom. The summed E-state index contributed by atoms with van der Waals surface area (Å²) in [5, 5.41) is 1.29. The SMILES string of the molecule is Cc1ccc(Cl)cc1N1CCN(C(=O)C2CCN(C(=O)c3cccc(Cl)c3)CC2)CC1. The van der Waals surface area contributed by atoms with E-state index in [9.17, 15) is 9.59 Å². The third kappa shape index (κ3) is 4.99. The molecular weight excluding hydrogens is 433 g/mol. The lowest BCUT2D eigenvalue weighted by atomic mass is 9.94. The number of amides is 2. The summed E-state index contributed by atoms with van der Waals surface area (Å²) in [5.41, 5.74) is 2.94. The quantitative estimate of drug-likeness (QED) is 0.678. The molecule has 2 aliphatic heterocycles. The average Bonchev–Trinajstić information content (AvgIpc) is 2.80. The number of halogens is 2. The molecule has 31 heavy (non-hydrogen) atoms. The van der Waals surface area contributed by atoms with Gasteiger partial charge >= 0.3 is 0 Å². The summed E-state index contributed by atoms with van der Waals surface area (Å²) in [4.78, 5) is 31.9. The second kappa shape index (κ2) is 9.49. The molecule has 164 valence electrons. The van der Waals surface area contributed by atoms with E-state index in [1.54, 1.807) is 24.3 Å². The second-order valence-electron chi connectivity index (χ2n) is 8.32. The van der Waals surface area contributed by atoms with Gasteiger partial charge in [-0.1, -0.05) is 35.3 Å². The highest BCUT2D eigenvalue weighted by molar-refractivity contribution is 6.31. The molecule has 7 heteroatoms. The molecule has 2 aromatic carbocycles. The molecule has 0 bridgehead atoms. The Labute approximate surface area is 193 Å². The van der Waals surface area contributed by atoms with Gasteiger partial charge in [0.25, 0.3) is 5.91 Å². The maximum absolute atomic E-state index is 13.1. The number of rotatable bonds is 3. The number of benzene rings is 2. The van der Waals surface area contributed by atoms with Crippen molar-refractivity contribution in [2.24, 2.45) is 5.92 Å². The van der Waals surface area contributed by atoms with E-state index in [2.05, 4.69) is 11.8 Å². The molecule has 2 aliphatic rings. The van der Waals surface area contributed by atoms with Crippen molar-refractivity contribution in [3.63, 3.8) is 0 Å². The molecule has 0 aliphatic carbocycles. The number of carbonyl (C=O) groups excluding carboxylic acids is 2. The van der Waals surface area contributed by atoms with Gasteiger partial charge in [0, 0.05) is 66.5 Å². The van der Waals surface area contributed by atoms with Crippen LogP contribution < -0.4 is 4.90 Å². The molecule has 2 aromatic rings. The van der Waals surface area contributed by atoms with Gasteiger partial charge in [-0.2, -0.15) is 0 Å². The lowest BCUT2D eigenvalue weighted by Crippen LogP contribution is -2.52. The zero-order valence-corrected chi connectivity index (χ0v) is 19.2. The molecule has 0 unspecified atom stereocenters. The highest BCUT2D eigenvalue weighted by atomic mass is 35.5. The van der Waals surface area contributed by atoms with Crippen molar-refractivity contribution in [1.82, 2.24) is 9.80 Å². The van der Waals surface area contributed by atoms with Gasteiger partial charge in [0.15, 0.2) is 0 Å². The molecule has 0 saturated carbocycles. The Hall–Kier alpha value is -2.24. The zero-order valence-electron chi connectivity index (χ0n) is 17.7. The van der Waals surface area contributed by atoms with Crippen LogP contribution in [0, 0.1) is 12.8 Å². The van der Waals surface area contributed by atoms with E-state index in [-0.39, 0.29) is 17.7 Å². The number of aryl methyl sites for hydroxylation is 1. The number of piperidine rings is 1. The van der Waals surface area contributed by atoms with Crippen LogP contribution in [0.1, 0.15) is 28.8 Å². The van der Waals surface area contributed by atoms with Crippen LogP contribution in [0.5, 0.6) is 0 Å². The second-order valence-corrected chi connectivity index (χ2v) is 9.19. The van der Waals surface area contributed by atoms with Gasteiger partial charge in [-0.25, -0.2) is 0 Å². The molecule has 2 amide bonds. The Bertz CT molecular complexity index is 965. The number of piperazine rings is 1. The molecule has 0 aromatic heterocycles. The molecule has 2 heterocycles. The molecule has 0 N–H and O–H groups in total. The third-order valence-corrected chi connectivity index (χ3v) is 6.78. The van der Waals surface area contributed by atoms with Gasteiger partial charge < -0.3 is 14.7 Å². The van der Waals surface area contributed by atoms with E-state index in [1.165, 1.54) is 5.56 Å². The lowest BCUT2D eigenvalue weighted by Gasteiger charge is -2.39. The van der Waals surface area contributed by atoms with Crippen LogP contribution in [-0.2, 0) is 4.79 Å². The van der Waals surface area contributed by atoms with Crippen LogP contribution in [0.25, 0.3) is 0 Å². The lowest BCUT2D eigenvalue weighted by molar-refractivity contribution is -0.137. The minimum Gasteiger partial charge on any atom is -0.368 e. The number of hydrogen-bond acceptors (Lipinski definition) is 3. The van der Waals surface area contributed by atoms with E-state index in [0.29, 0.717) is 49.6 Å². The Balaban J connectivity index is 1.29. The molecule has 2 fully saturated rings. The molecule has 4 rings (SSSR count). The fourth-order valence-corrected chi connectivity index (χ4v) is 4.84. The average molecular weight is 460 g/mol. The van der Waals surface area contributed by atoms with Crippen LogP contribution in [0.4, 0.5) is 5.69 Å². The summed E-state index contributed by atoms with van der Waals surface area (Å²) in [6, 6.07) is 13.0. The van der Waals surface area contributed by atoms with Crippen molar-refractivity contribution in [2.45, 2.75) is 19.8 Å². The van der Waals surface area contributed by atoms with E-state index in [1.807, 2.05) is 28.0 Å². The van der Waals surface area contributed by atoms with Gasteiger partial charge in [0.05, 0.1) is 0 Å². The topological polar surface area (TPSA) is 43.9 Å². The molecule has 2 saturated heterocycles. The van der Waals surface area contributed by atoms with Gasteiger partial charge in [-0.3, -0.25) is 9.59 Å². The van der Waals surface area contributed by atoms with Gasteiger partial charge in [0.1, 0.15) is 0 Å². The molecule has 5 nitrogen and oxygen atoms in total. The number of carbonyl (C=O) groups is 2. The summed E-state index contributed by atoms with van der Waals surface area (Å²) in [6.45, 7) is 6.32. The van der Waals surface area contributed by atoms with Crippen molar-refractivity contribution in [3.05, 3.63) is 63.6 Å². The first-order valence-corrected chi connectivity index (χ1v) is 11.5. The number of likely N-dealkylation sites (tertiary alicyclic amines) is 1. The minimum atomic E-state index is -0.0149. The standard InChI is InChI=1S/C24H27Cl2N3O2/c1-17-5-6-21(26)16-22(17)27-11-13-29(14-12-27)23(30)18-7-9-28(10-8-18)24(31)19-3-2-4-20(25)15-19/h2-6,15-16,18H,7-14H2,1H3. The minimum absolute atomic E-state index is 0.0112. The predicted molar refractivity (Wildman–Crippen MR) is 125 cm³/mol. The monoisotopic (exact) mass is 459 g/mol. The molecule has 0 atom stereocenters. The van der Waals surface area contributed by atoms with E-state index >= 15 is 0 Å². The van der Waals surface area contributed by atoms with Crippen LogP contribution in [-0.4, -0.2) is 60.9 Å². The van der Waals surface area contributed by atoms with Crippen molar-refractivity contribution in [1.29, 1.82) is 0 Å². The van der Waals surface area contributed by atoms with Gasteiger partial charge in [0.2, 0.25) is 5.91 Å². The Kier molecular flexibility index (Phi) is 6.73. The molecule has 0 radical (unpaired) electrons. The Morgan fingerprint density at radius 2 is 1.52 bits per heavy atom. The maximum Gasteiger partial charge on any atom is 0.253 e. The van der Waals surface area contributed by atoms with Crippen molar-refractivity contribution < 1.29 is 9.59 Å². The summed E-state index contributed by atoms with van der Waals surface area (Å²) in [6.07, 6.45) is 1.41. The Morgan fingerprint density at radius 3 is 2.19 bits per heavy atom. The molecular formula is C24H27Cl2N3O2. The third-order valence-electron chi connectivity index (χ3n) is 6.31. The highest BCUT2D eigenvalue weighted by Crippen LogP contribution is 2.27.